The molecule has 0 saturated heterocycles. The fraction of sp³-hybridized carbons (Fsp3) is 0.429. The van der Waals surface area contributed by atoms with Gasteiger partial charge in [0.15, 0.2) is 0 Å². The Morgan fingerprint density at radius 1 is 1.35 bits per heavy atom. The van der Waals surface area contributed by atoms with E-state index in [9.17, 15) is 9.59 Å². The molecule has 20 heavy (non-hydrogen) atoms. The SMILES string of the molecule is CCCC[C@H](NC(=O)Nc1ccccc1SC)C(=O)O. The molecule has 0 unspecified atom stereocenters. The quantitative estimate of drug-likeness (QED) is 0.675. The number of benzene rings is 1. The number of anilines is 1. The Hall–Kier alpha value is -1.69. The molecule has 0 aliphatic rings. The summed E-state index contributed by atoms with van der Waals surface area (Å²) in [6.45, 7) is 1.98. The molecule has 2 amide bonds. The molecule has 5 nitrogen and oxygen atoms in total. The van der Waals surface area contributed by atoms with Gasteiger partial charge in [0.1, 0.15) is 6.04 Å². The number of hydrogen-bond acceptors (Lipinski definition) is 3. The number of aliphatic carboxylic acids is 1. The fourth-order valence-electron chi connectivity index (χ4n) is 1.73. The molecule has 0 spiro atoms. The van der Waals surface area contributed by atoms with Crippen molar-refractivity contribution >= 4 is 29.4 Å². The van der Waals surface area contributed by atoms with Crippen molar-refractivity contribution in [3.05, 3.63) is 24.3 Å². The number of nitrogens with one attached hydrogen (secondary N) is 2. The monoisotopic (exact) mass is 296 g/mol. The molecule has 1 aromatic carbocycles. The van der Waals surface area contributed by atoms with Gasteiger partial charge in [-0.3, -0.25) is 0 Å². The molecule has 110 valence electrons. The minimum absolute atomic E-state index is 0.434. The number of carboxylic acids is 1. The Morgan fingerprint density at radius 3 is 2.65 bits per heavy atom. The third-order valence-electron chi connectivity index (χ3n) is 2.80. The molecule has 1 atom stereocenters. The smallest absolute Gasteiger partial charge is 0.326 e. The maximum absolute atomic E-state index is 11.9. The van der Waals surface area contributed by atoms with Crippen molar-refractivity contribution in [1.29, 1.82) is 0 Å². The summed E-state index contributed by atoms with van der Waals surface area (Å²) in [7, 11) is 0. The van der Waals surface area contributed by atoms with Crippen LogP contribution in [-0.4, -0.2) is 29.4 Å². The maximum atomic E-state index is 11.9. The largest absolute Gasteiger partial charge is 0.480 e. The first-order valence-electron chi connectivity index (χ1n) is 6.51. The molecule has 0 aliphatic heterocycles. The van der Waals surface area contributed by atoms with Crippen molar-refractivity contribution < 1.29 is 14.7 Å². The Kier molecular flexibility index (Phi) is 6.93. The summed E-state index contributed by atoms with van der Waals surface area (Å²) in [6.07, 6.45) is 4.00. The van der Waals surface area contributed by atoms with Crippen molar-refractivity contribution in [2.45, 2.75) is 37.1 Å². The molecular formula is C14H20N2O3S. The second-order valence-corrected chi connectivity index (χ2v) is 5.18. The van der Waals surface area contributed by atoms with E-state index in [1.807, 2.05) is 31.4 Å². The second-order valence-electron chi connectivity index (χ2n) is 4.33. The van der Waals surface area contributed by atoms with Crippen LogP contribution in [0.15, 0.2) is 29.2 Å². The number of thioether (sulfide) groups is 1. The molecule has 1 rings (SSSR count). The zero-order valence-electron chi connectivity index (χ0n) is 11.7. The third kappa shape index (κ3) is 5.13. The highest BCUT2D eigenvalue weighted by molar-refractivity contribution is 7.98. The van der Waals surface area contributed by atoms with Crippen LogP contribution < -0.4 is 10.6 Å². The van der Waals surface area contributed by atoms with Crippen LogP contribution in [0.4, 0.5) is 10.5 Å². The van der Waals surface area contributed by atoms with E-state index in [0.29, 0.717) is 12.1 Å². The van der Waals surface area contributed by atoms with Crippen molar-refractivity contribution in [3.63, 3.8) is 0 Å². The van der Waals surface area contributed by atoms with Crippen LogP contribution in [0, 0.1) is 0 Å². The molecule has 0 aliphatic carbocycles. The van der Waals surface area contributed by atoms with Gasteiger partial charge in [0.25, 0.3) is 0 Å². The van der Waals surface area contributed by atoms with E-state index >= 15 is 0 Å². The van der Waals surface area contributed by atoms with E-state index in [2.05, 4.69) is 10.6 Å². The van der Waals surface area contributed by atoms with Crippen molar-refractivity contribution in [2.75, 3.05) is 11.6 Å². The summed E-state index contributed by atoms with van der Waals surface area (Å²) in [6, 6.07) is 6.04. The van der Waals surface area contributed by atoms with Crippen LogP contribution in [0.2, 0.25) is 0 Å². The minimum atomic E-state index is -1.01. The number of unbranched alkanes of at least 4 members (excludes halogenated alkanes) is 1. The fourth-order valence-corrected chi connectivity index (χ4v) is 2.28. The third-order valence-corrected chi connectivity index (χ3v) is 3.60. The molecule has 0 radical (unpaired) electrons. The molecule has 0 aromatic heterocycles. The molecule has 6 heteroatoms. The average molecular weight is 296 g/mol. The van der Waals surface area contributed by atoms with Crippen molar-refractivity contribution in [1.82, 2.24) is 5.32 Å². The number of urea groups is 1. The lowest BCUT2D eigenvalue weighted by atomic mass is 10.1. The number of carbonyl (C=O) groups is 2. The van der Waals surface area contributed by atoms with E-state index in [0.717, 1.165) is 17.7 Å². The number of rotatable bonds is 7. The molecular weight excluding hydrogens is 276 g/mol. The van der Waals surface area contributed by atoms with Gasteiger partial charge in [0.2, 0.25) is 0 Å². The Labute approximate surface area is 123 Å². The van der Waals surface area contributed by atoms with Crippen LogP contribution in [0.25, 0.3) is 0 Å². The summed E-state index contributed by atoms with van der Waals surface area (Å²) in [5.41, 5.74) is 0.678. The predicted octanol–water partition coefficient (Wildman–Crippen LogP) is 3.17. The molecule has 0 bridgehead atoms. The Bertz CT molecular complexity index is 465. The van der Waals surface area contributed by atoms with E-state index in [1.165, 1.54) is 11.8 Å². The number of hydrogen-bond donors (Lipinski definition) is 3. The van der Waals surface area contributed by atoms with Gasteiger partial charge in [-0.15, -0.1) is 11.8 Å². The molecule has 0 fully saturated rings. The second kappa shape index (κ2) is 8.47. The van der Waals surface area contributed by atoms with Gasteiger partial charge in [0.05, 0.1) is 5.69 Å². The van der Waals surface area contributed by atoms with Gasteiger partial charge in [-0.1, -0.05) is 31.9 Å². The highest BCUT2D eigenvalue weighted by Crippen LogP contribution is 2.24. The molecule has 0 saturated carbocycles. The normalized spacial score (nSPS) is 11.7. The van der Waals surface area contributed by atoms with Crippen LogP contribution in [0.3, 0.4) is 0 Å². The summed E-state index contributed by atoms with van der Waals surface area (Å²) >= 11 is 1.52. The van der Waals surface area contributed by atoms with E-state index < -0.39 is 18.0 Å². The van der Waals surface area contributed by atoms with Crippen molar-refractivity contribution in [2.24, 2.45) is 0 Å². The molecule has 0 heterocycles. The minimum Gasteiger partial charge on any atom is -0.480 e. The zero-order valence-corrected chi connectivity index (χ0v) is 12.5. The lowest BCUT2D eigenvalue weighted by molar-refractivity contribution is -0.139. The Morgan fingerprint density at radius 2 is 2.05 bits per heavy atom. The van der Waals surface area contributed by atoms with Crippen LogP contribution >= 0.6 is 11.8 Å². The number of carbonyl (C=O) groups excluding carboxylic acids is 1. The standard InChI is InChI=1S/C14H20N2O3S/c1-3-4-7-11(13(17)18)16-14(19)15-10-8-5-6-9-12(10)20-2/h5-6,8-9,11H,3-4,7H2,1-2H3,(H,17,18)(H2,15,16,19)/t11-/m0/s1. The molecule has 1 aromatic rings. The average Bonchev–Trinajstić information content (AvgIpc) is 2.43. The first kappa shape index (κ1) is 16.4. The summed E-state index contributed by atoms with van der Waals surface area (Å²) in [4.78, 5) is 23.9. The maximum Gasteiger partial charge on any atom is 0.326 e. The van der Waals surface area contributed by atoms with E-state index in [-0.39, 0.29) is 0 Å². The van der Waals surface area contributed by atoms with Gasteiger partial charge in [-0.05, 0) is 24.8 Å². The number of amides is 2. The highest BCUT2D eigenvalue weighted by atomic mass is 32.2. The number of carboxylic acid groups (broad SMARTS) is 1. The van der Waals surface area contributed by atoms with E-state index in [1.54, 1.807) is 6.07 Å². The first-order chi connectivity index (χ1) is 9.58. The Balaban J connectivity index is 2.63. The summed E-state index contributed by atoms with van der Waals surface area (Å²) < 4.78 is 0. The predicted molar refractivity (Wildman–Crippen MR) is 81.3 cm³/mol. The first-order valence-corrected chi connectivity index (χ1v) is 7.74. The van der Waals surface area contributed by atoms with Crippen LogP contribution in [0.5, 0.6) is 0 Å². The van der Waals surface area contributed by atoms with Gasteiger partial charge < -0.3 is 15.7 Å². The number of para-hydroxylation sites is 1. The van der Waals surface area contributed by atoms with Gasteiger partial charge in [0, 0.05) is 4.90 Å². The highest BCUT2D eigenvalue weighted by Gasteiger charge is 2.19. The van der Waals surface area contributed by atoms with Crippen LogP contribution in [-0.2, 0) is 4.79 Å². The molecule has 3 N–H and O–H groups in total. The topological polar surface area (TPSA) is 78.4 Å². The van der Waals surface area contributed by atoms with Gasteiger partial charge >= 0.3 is 12.0 Å². The van der Waals surface area contributed by atoms with Crippen molar-refractivity contribution in [3.8, 4) is 0 Å². The van der Waals surface area contributed by atoms with Crippen LogP contribution in [0.1, 0.15) is 26.2 Å². The summed E-state index contributed by atoms with van der Waals surface area (Å²) in [5, 5.41) is 14.3. The van der Waals surface area contributed by atoms with E-state index in [4.69, 9.17) is 5.11 Å². The van der Waals surface area contributed by atoms with Gasteiger partial charge in [-0.2, -0.15) is 0 Å². The summed E-state index contributed by atoms with van der Waals surface area (Å²) in [5.74, 6) is -1.01. The zero-order chi connectivity index (χ0) is 15.0. The lowest BCUT2D eigenvalue weighted by Gasteiger charge is -2.15. The lowest BCUT2D eigenvalue weighted by Crippen LogP contribution is -2.43. The van der Waals surface area contributed by atoms with Gasteiger partial charge in [-0.25, -0.2) is 9.59 Å².